The van der Waals surface area contributed by atoms with Crippen molar-refractivity contribution in [2.75, 3.05) is 0 Å². The lowest BCUT2D eigenvalue weighted by molar-refractivity contribution is -0.139. The molecule has 0 aromatic heterocycles. The second-order valence-electron chi connectivity index (χ2n) is 6.45. The van der Waals surface area contributed by atoms with Gasteiger partial charge in [0.05, 0.1) is 0 Å². The number of fused-ring (bicyclic) bond motifs is 3. The summed E-state index contributed by atoms with van der Waals surface area (Å²) in [5, 5.41) is 12.4. The van der Waals surface area contributed by atoms with Crippen LogP contribution in [0.3, 0.4) is 0 Å². The molecule has 134 valence electrons. The average molecular weight is 361 g/mol. The third-order valence-electron chi connectivity index (χ3n) is 4.85. The molecule has 0 aliphatic heterocycles. The fraction of sp³-hybridized carbons (Fsp3) is 0.0909. The van der Waals surface area contributed by atoms with Crippen LogP contribution in [0.4, 0.5) is 4.39 Å². The lowest BCUT2D eigenvalue weighted by Gasteiger charge is -2.23. The highest BCUT2D eigenvalue weighted by Gasteiger charge is 2.38. The minimum Gasteiger partial charge on any atom is -0.480 e. The fourth-order valence-corrected chi connectivity index (χ4v) is 3.70. The predicted molar refractivity (Wildman–Crippen MR) is 99.0 cm³/mol. The summed E-state index contributed by atoms with van der Waals surface area (Å²) in [4.78, 5) is 24.6. The van der Waals surface area contributed by atoms with E-state index in [1.165, 1.54) is 18.2 Å². The Bertz CT molecular complexity index is 1000. The van der Waals surface area contributed by atoms with Crippen LogP contribution >= 0.6 is 0 Å². The molecule has 1 aliphatic rings. The van der Waals surface area contributed by atoms with E-state index < -0.39 is 29.7 Å². The molecule has 3 aromatic rings. The molecule has 0 spiro atoms. The van der Waals surface area contributed by atoms with Gasteiger partial charge in [-0.15, -0.1) is 0 Å². The first-order chi connectivity index (χ1) is 13.1. The van der Waals surface area contributed by atoms with Crippen molar-refractivity contribution >= 4 is 11.9 Å². The molecule has 1 atom stereocenters. The number of hydrogen-bond donors (Lipinski definition) is 2. The third kappa shape index (κ3) is 2.97. The Morgan fingerprint density at radius 2 is 1.48 bits per heavy atom. The van der Waals surface area contributed by atoms with Gasteiger partial charge in [0, 0.05) is 11.5 Å². The molecule has 4 nitrogen and oxygen atoms in total. The van der Waals surface area contributed by atoms with Crippen molar-refractivity contribution in [1.29, 1.82) is 0 Å². The van der Waals surface area contributed by atoms with E-state index >= 15 is 0 Å². The molecule has 2 N–H and O–H groups in total. The third-order valence-corrected chi connectivity index (χ3v) is 4.85. The van der Waals surface area contributed by atoms with E-state index in [1.54, 1.807) is 0 Å². The number of hydrogen-bond acceptors (Lipinski definition) is 2. The van der Waals surface area contributed by atoms with Gasteiger partial charge >= 0.3 is 5.97 Å². The summed E-state index contributed by atoms with van der Waals surface area (Å²) in [5.74, 6) is -2.83. The van der Waals surface area contributed by atoms with Crippen LogP contribution in [0.5, 0.6) is 0 Å². The zero-order valence-electron chi connectivity index (χ0n) is 14.2. The Labute approximate surface area is 155 Å². The van der Waals surface area contributed by atoms with Gasteiger partial charge in [0.2, 0.25) is 0 Å². The molecule has 0 saturated heterocycles. The van der Waals surface area contributed by atoms with Crippen molar-refractivity contribution in [3.8, 4) is 11.1 Å². The van der Waals surface area contributed by atoms with Gasteiger partial charge in [-0.05, 0) is 40.5 Å². The van der Waals surface area contributed by atoms with Crippen LogP contribution < -0.4 is 5.32 Å². The summed E-state index contributed by atoms with van der Waals surface area (Å²) in [6.45, 7) is 0. The number of carboxylic acids is 1. The van der Waals surface area contributed by atoms with Crippen molar-refractivity contribution in [3.63, 3.8) is 0 Å². The van der Waals surface area contributed by atoms with E-state index in [9.17, 15) is 19.1 Å². The zero-order chi connectivity index (χ0) is 19.0. The first-order valence-electron chi connectivity index (χ1n) is 8.53. The van der Waals surface area contributed by atoms with Crippen LogP contribution in [0, 0.1) is 5.82 Å². The first-order valence-corrected chi connectivity index (χ1v) is 8.53. The summed E-state index contributed by atoms with van der Waals surface area (Å²) in [6, 6.07) is 19.2. The van der Waals surface area contributed by atoms with E-state index in [0.29, 0.717) is 0 Å². The molecule has 0 unspecified atom stereocenters. The number of aliphatic carboxylic acids is 1. The van der Waals surface area contributed by atoms with Gasteiger partial charge in [0.15, 0.2) is 0 Å². The molecule has 0 bridgehead atoms. The van der Waals surface area contributed by atoms with Crippen molar-refractivity contribution in [2.45, 2.75) is 12.0 Å². The lowest BCUT2D eigenvalue weighted by atomic mass is 9.89. The normalized spacial score (nSPS) is 13.5. The van der Waals surface area contributed by atoms with Crippen molar-refractivity contribution < 1.29 is 19.1 Å². The molecular formula is C22H16FNO3. The van der Waals surface area contributed by atoms with Gasteiger partial charge in [-0.25, -0.2) is 9.18 Å². The van der Waals surface area contributed by atoms with E-state index in [0.717, 1.165) is 28.3 Å². The fourth-order valence-electron chi connectivity index (χ4n) is 3.70. The van der Waals surface area contributed by atoms with Crippen LogP contribution in [0.25, 0.3) is 11.1 Å². The highest BCUT2D eigenvalue weighted by atomic mass is 19.1. The second kappa shape index (κ2) is 6.68. The van der Waals surface area contributed by atoms with Crippen LogP contribution in [0.15, 0.2) is 72.8 Å². The van der Waals surface area contributed by atoms with E-state index in [-0.39, 0.29) is 5.56 Å². The molecule has 5 heteroatoms. The summed E-state index contributed by atoms with van der Waals surface area (Å²) in [5.41, 5.74) is 3.71. The minimum absolute atomic E-state index is 0.0841. The molecule has 0 heterocycles. The summed E-state index contributed by atoms with van der Waals surface area (Å²) in [7, 11) is 0. The Balaban J connectivity index is 1.75. The number of carbonyl (C=O) groups excluding carboxylic acids is 1. The van der Waals surface area contributed by atoms with Crippen molar-refractivity contribution in [2.24, 2.45) is 0 Å². The highest BCUT2D eigenvalue weighted by molar-refractivity contribution is 5.97. The number of benzene rings is 3. The van der Waals surface area contributed by atoms with Gasteiger partial charge < -0.3 is 10.4 Å². The minimum atomic E-state index is -1.18. The Hall–Kier alpha value is -3.47. The first kappa shape index (κ1) is 17.0. The largest absolute Gasteiger partial charge is 0.480 e. The summed E-state index contributed by atoms with van der Waals surface area (Å²) >= 11 is 0. The Morgan fingerprint density at radius 1 is 0.889 bits per heavy atom. The highest BCUT2D eigenvalue weighted by Crippen LogP contribution is 2.46. The quantitative estimate of drug-likeness (QED) is 0.742. The van der Waals surface area contributed by atoms with E-state index in [4.69, 9.17) is 0 Å². The second-order valence-corrected chi connectivity index (χ2v) is 6.45. The maximum Gasteiger partial charge on any atom is 0.327 e. The van der Waals surface area contributed by atoms with Crippen molar-refractivity contribution in [1.82, 2.24) is 5.32 Å². The molecule has 1 amide bonds. The number of carboxylic acid groups (broad SMARTS) is 1. The Kier molecular flexibility index (Phi) is 4.20. The maximum atomic E-state index is 13.4. The predicted octanol–water partition coefficient (Wildman–Crippen LogP) is 3.82. The number of nitrogens with one attached hydrogen (secondary N) is 1. The van der Waals surface area contributed by atoms with Gasteiger partial charge in [-0.1, -0.05) is 54.6 Å². The summed E-state index contributed by atoms with van der Waals surface area (Å²) in [6.07, 6.45) is 0. The smallest absolute Gasteiger partial charge is 0.327 e. The molecule has 1 aliphatic carbocycles. The van der Waals surface area contributed by atoms with Crippen LogP contribution in [0.1, 0.15) is 27.4 Å². The topological polar surface area (TPSA) is 66.4 Å². The molecule has 0 saturated carbocycles. The van der Waals surface area contributed by atoms with Crippen LogP contribution in [-0.2, 0) is 4.79 Å². The molecule has 27 heavy (non-hydrogen) atoms. The van der Waals surface area contributed by atoms with Crippen molar-refractivity contribution in [3.05, 3.63) is 95.3 Å². The van der Waals surface area contributed by atoms with E-state index in [2.05, 4.69) is 5.32 Å². The van der Waals surface area contributed by atoms with Gasteiger partial charge in [-0.3, -0.25) is 4.79 Å². The van der Waals surface area contributed by atoms with Gasteiger partial charge in [0.1, 0.15) is 11.9 Å². The number of rotatable bonds is 4. The van der Waals surface area contributed by atoms with E-state index in [1.807, 2.05) is 48.5 Å². The number of amides is 1. The standard InChI is InChI=1S/C22H16FNO3/c23-14-7-5-6-13(12-14)21(25)24-20(22(26)27)19-17-10-3-1-8-15(17)16-9-2-4-11-18(16)19/h1-12,19-20H,(H,24,25)(H,26,27)/t20-/m1/s1. The van der Waals surface area contributed by atoms with Crippen LogP contribution in [0.2, 0.25) is 0 Å². The van der Waals surface area contributed by atoms with Crippen LogP contribution in [-0.4, -0.2) is 23.0 Å². The average Bonchev–Trinajstić information content (AvgIpc) is 3.00. The number of halogens is 1. The maximum absolute atomic E-state index is 13.4. The SMILES string of the molecule is O=C(N[C@@H](C(=O)O)C1c2ccccc2-c2ccccc21)c1cccc(F)c1. The molecule has 0 fully saturated rings. The van der Waals surface area contributed by atoms with Gasteiger partial charge in [-0.2, -0.15) is 0 Å². The molecule has 0 radical (unpaired) electrons. The molecular weight excluding hydrogens is 345 g/mol. The Morgan fingerprint density at radius 3 is 2.04 bits per heavy atom. The number of carbonyl (C=O) groups is 2. The zero-order valence-corrected chi connectivity index (χ0v) is 14.2. The van der Waals surface area contributed by atoms with Gasteiger partial charge in [0.25, 0.3) is 5.91 Å². The molecule has 3 aromatic carbocycles. The monoisotopic (exact) mass is 361 g/mol. The summed E-state index contributed by atoms with van der Waals surface area (Å²) < 4.78 is 13.4. The lowest BCUT2D eigenvalue weighted by Crippen LogP contribution is -2.44. The molecule has 4 rings (SSSR count).